The molecule has 0 saturated carbocycles. The standard InChI is InChI=1S/C9H12ClIN2O2S/c1-12-4-5-16(14,15)13-9-3-2-7(11)6-8(9)10/h2-3,6,12-13H,4-5H2,1H3. The third kappa shape index (κ3) is 4.44. The van der Waals surface area contributed by atoms with Crippen molar-refractivity contribution < 1.29 is 8.42 Å². The molecule has 1 rings (SSSR count). The minimum absolute atomic E-state index is 0.0197. The molecular weight excluding hydrogens is 363 g/mol. The van der Waals surface area contributed by atoms with Crippen LogP contribution in [0, 0.1) is 3.57 Å². The maximum absolute atomic E-state index is 11.6. The second kappa shape index (κ2) is 6.04. The van der Waals surface area contributed by atoms with E-state index in [0.717, 1.165) is 3.57 Å². The second-order valence-electron chi connectivity index (χ2n) is 3.15. The van der Waals surface area contributed by atoms with Crippen LogP contribution < -0.4 is 10.0 Å². The quantitative estimate of drug-likeness (QED) is 0.774. The average molecular weight is 375 g/mol. The summed E-state index contributed by atoms with van der Waals surface area (Å²) >= 11 is 8.03. The van der Waals surface area contributed by atoms with Crippen LogP contribution in [0.2, 0.25) is 5.02 Å². The molecule has 0 aliphatic heterocycles. The van der Waals surface area contributed by atoms with E-state index in [0.29, 0.717) is 17.3 Å². The van der Waals surface area contributed by atoms with E-state index in [1.54, 1.807) is 25.2 Å². The molecule has 0 fully saturated rings. The zero-order valence-corrected chi connectivity index (χ0v) is 12.4. The summed E-state index contributed by atoms with van der Waals surface area (Å²) in [6, 6.07) is 5.15. The molecule has 0 amide bonds. The summed E-state index contributed by atoms with van der Waals surface area (Å²) in [5, 5.41) is 3.18. The topological polar surface area (TPSA) is 58.2 Å². The van der Waals surface area contributed by atoms with Gasteiger partial charge in [-0.25, -0.2) is 8.42 Å². The van der Waals surface area contributed by atoms with Crippen LogP contribution in [0.5, 0.6) is 0 Å². The second-order valence-corrected chi connectivity index (χ2v) is 6.64. The van der Waals surface area contributed by atoms with Crippen LogP contribution in [0.15, 0.2) is 18.2 Å². The van der Waals surface area contributed by atoms with Crippen molar-refractivity contribution in [2.75, 3.05) is 24.1 Å². The molecule has 0 bridgehead atoms. The summed E-state index contributed by atoms with van der Waals surface area (Å²) in [5.74, 6) is 0.0197. The Labute approximate surface area is 114 Å². The molecule has 16 heavy (non-hydrogen) atoms. The lowest BCUT2D eigenvalue weighted by atomic mass is 10.3. The Hall–Kier alpha value is -0.0500. The lowest BCUT2D eigenvalue weighted by Gasteiger charge is -2.09. The van der Waals surface area contributed by atoms with Crippen LogP contribution >= 0.6 is 34.2 Å². The van der Waals surface area contributed by atoms with E-state index < -0.39 is 10.0 Å². The van der Waals surface area contributed by atoms with Crippen LogP contribution in [0.4, 0.5) is 5.69 Å². The Bertz CT molecular complexity index is 465. The highest BCUT2D eigenvalue weighted by atomic mass is 127. The number of hydrogen-bond acceptors (Lipinski definition) is 3. The monoisotopic (exact) mass is 374 g/mol. The summed E-state index contributed by atoms with van der Waals surface area (Å²) in [6.07, 6.45) is 0. The van der Waals surface area contributed by atoms with Gasteiger partial charge in [0.25, 0.3) is 0 Å². The Morgan fingerprint density at radius 3 is 2.69 bits per heavy atom. The van der Waals surface area contributed by atoms with Crippen LogP contribution in [-0.2, 0) is 10.0 Å². The third-order valence-electron chi connectivity index (χ3n) is 1.82. The van der Waals surface area contributed by atoms with Crippen LogP contribution in [0.25, 0.3) is 0 Å². The summed E-state index contributed by atoms with van der Waals surface area (Å²) in [4.78, 5) is 0. The van der Waals surface area contributed by atoms with Crippen molar-refractivity contribution in [2.45, 2.75) is 0 Å². The lowest BCUT2D eigenvalue weighted by molar-refractivity contribution is 0.599. The summed E-state index contributed by atoms with van der Waals surface area (Å²) < 4.78 is 26.6. The molecule has 1 aromatic carbocycles. The van der Waals surface area contributed by atoms with Gasteiger partial charge in [-0.1, -0.05) is 11.6 Å². The van der Waals surface area contributed by atoms with Gasteiger partial charge in [-0.15, -0.1) is 0 Å². The van der Waals surface area contributed by atoms with E-state index in [1.165, 1.54) is 0 Å². The largest absolute Gasteiger partial charge is 0.319 e. The van der Waals surface area contributed by atoms with Crippen LogP contribution in [0.3, 0.4) is 0 Å². The Kier molecular flexibility index (Phi) is 5.29. The predicted octanol–water partition coefficient (Wildman–Crippen LogP) is 1.91. The van der Waals surface area contributed by atoms with Crippen LogP contribution in [-0.4, -0.2) is 27.8 Å². The number of sulfonamides is 1. The minimum atomic E-state index is -3.33. The van der Waals surface area contributed by atoms with Crippen LogP contribution in [0.1, 0.15) is 0 Å². The van der Waals surface area contributed by atoms with Gasteiger partial charge in [0.05, 0.1) is 16.5 Å². The molecular formula is C9H12ClIN2O2S. The fraction of sp³-hybridized carbons (Fsp3) is 0.333. The van der Waals surface area contributed by atoms with E-state index in [4.69, 9.17) is 11.6 Å². The average Bonchev–Trinajstić information content (AvgIpc) is 2.19. The predicted molar refractivity (Wildman–Crippen MR) is 75.5 cm³/mol. The molecule has 2 N–H and O–H groups in total. The molecule has 0 atom stereocenters. The van der Waals surface area contributed by atoms with Gasteiger partial charge in [0.2, 0.25) is 10.0 Å². The Balaban J connectivity index is 2.80. The van der Waals surface area contributed by atoms with Gasteiger partial charge >= 0.3 is 0 Å². The molecule has 4 nitrogen and oxygen atoms in total. The number of nitrogens with one attached hydrogen (secondary N) is 2. The Morgan fingerprint density at radius 2 is 2.12 bits per heavy atom. The molecule has 0 unspecified atom stereocenters. The highest BCUT2D eigenvalue weighted by Gasteiger charge is 2.11. The number of benzene rings is 1. The fourth-order valence-electron chi connectivity index (χ4n) is 1.03. The molecule has 0 spiro atoms. The summed E-state index contributed by atoms with van der Waals surface area (Å²) in [6.45, 7) is 0.400. The van der Waals surface area contributed by atoms with Crippen molar-refractivity contribution >= 4 is 49.9 Å². The number of anilines is 1. The van der Waals surface area contributed by atoms with E-state index >= 15 is 0 Å². The summed E-state index contributed by atoms with van der Waals surface area (Å²) in [5.41, 5.74) is 0.415. The smallest absolute Gasteiger partial charge is 0.234 e. The number of halogens is 2. The van der Waals surface area contributed by atoms with Gasteiger partial charge < -0.3 is 5.32 Å². The Morgan fingerprint density at radius 1 is 1.44 bits per heavy atom. The van der Waals surface area contributed by atoms with Crippen molar-refractivity contribution in [3.05, 3.63) is 26.8 Å². The first-order chi connectivity index (χ1) is 7.44. The summed E-state index contributed by atoms with van der Waals surface area (Å²) in [7, 11) is -1.63. The van der Waals surface area contributed by atoms with Crippen molar-refractivity contribution in [1.29, 1.82) is 0 Å². The first-order valence-corrected chi connectivity index (χ1v) is 7.65. The highest BCUT2D eigenvalue weighted by molar-refractivity contribution is 14.1. The van der Waals surface area contributed by atoms with Crippen molar-refractivity contribution in [1.82, 2.24) is 5.32 Å². The normalized spacial score (nSPS) is 11.4. The number of hydrogen-bond donors (Lipinski definition) is 2. The highest BCUT2D eigenvalue weighted by Crippen LogP contribution is 2.24. The molecule has 1 aromatic rings. The van der Waals surface area contributed by atoms with Crippen molar-refractivity contribution in [2.24, 2.45) is 0 Å². The minimum Gasteiger partial charge on any atom is -0.319 e. The van der Waals surface area contributed by atoms with Gasteiger partial charge in [0.15, 0.2) is 0 Å². The molecule has 0 saturated heterocycles. The molecule has 0 aromatic heterocycles. The SMILES string of the molecule is CNCCS(=O)(=O)Nc1ccc(I)cc1Cl. The third-order valence-corrected chi connectivity index (χ3v) is 4.07. The molecule has 0 aliphatic rings. The van der Waals surface area contributed by atoms with E-state index in [-0.39, 0.29) is 5.75 Å². The van der Waals surface area contributed by atoms with Gasteiger partial charge in [0.1, 0.15) is 0 Å². The van der Waals surface area contributed by atoms with E-state index in [9.17, 15) is 8.42 Å². The molecule has 7 heteroatoms. The van der Waals surface area contributed by atoms with E-state index in [2.05, 4.69) is 32.6 Å². The van der Waals surface area contributed by atoms with E-state index in [1.807, 2.05) is 0 Å². The molecule has 0 aliphatic carbocycles. The van der Waals surface area contributed by atoms with Gasteiger partial charge in [0, 0.05) is 10.1 Å². The fourth-order valence-corrected chi connectivity index (χ4v) is 3.07. The zero-order valence-electron chi connectivity index (χ0n) is 8.63. The first-order valence-electron chi connectivity index (χ1n) is 4.55. The maximum atomic E-state index is 11.6. The molecule has 0 radical (unpaired) electrons. The molecule has 0 heterocycles. The van der Waals surface area contributed by atoms with Crippen molar-refractivity contribution in [3.8, 4) is 0 Å². The zero-order chi connectivity index (χ0) is 12.2. The molecule has 90 valence electrons. The van der Waals surface area contributed by atoms with Gasteiger partial charge in [-0.05, 0) is 47.8 Å². The first kappa shape index (κ1) is 14.0. The number of rotatable bonds is 5. The maximum Gasteiger partial charge on any atom is 0.234 e. The van der Waals surface area contributed by atoms with Gasteiger partial charge in [-0.2, -0.15) is 0 Å². The van der Waals surface area contributed by atoms with Crippen molar-refractivity contribution in [3.63, 3.8) is 0 Å². The lowest BCUT2D eigenvalue weighted by Crippen LogP contribution is -2.24. The van der Waals surface area contributed by atoms with Gasteiger partial charge in [-0.3, -0.25) is 4.72 Å².